The van der Waals surface area contributed by atoms with Gasteiger partial charge in [-0.2, -0.15) is 0 Å². The van der Waals surface area contributed by atoms with E-state index in [2.05, 4.69) is 40.1 Å². The van der Waals surface area contributed by atoms with Crippen LogP contribution in [0.1, 0.15) is 22.3 Å². The lowest BCUT2D eigenvalue weighted by molar-refractivity contribution is -0.0000129. The van der Waals surface area contributed by atoms with Crippen LogP contribution >= 0.6 is 11.6 Å². The first-order valence-electron chi connectivity index (χ1n) is 8.48. The van der Waals surface area contributed by atoms with E-state index < -0.39 is 0 Å². The summed E-state index contributed by atoms with van der Waals surface area (Å²) in [5, 5.41) is 0.668. The van der Waals surface area contributed by atoms with Gasteiger partial charge in [-0.15, -0.1) is 0 Å². The van der Waals surface area contributed by atoms with E-state index >= 15 is 0 Å². The number of Topliss-reactive ketones (excluding diaryl/α,β-unsaturated/α-hetero) is 1. The largest absolute Gasteiger partial charge is 1.00 e. The molecule has 3 nitrogen and oxygen atoms in total. The number of halogens is 2. The number of carbonyl (C=O) groups is 1. The topological polar surface area (TPSA) is 23.6 Å². The van der Waals surface area contributed by atoms with Crippen molar-refractivity contribution in [3.8, 4) is 0 Å². The van der Waals surface area contributed by atoms with Crippen molar-refractivity contribution in [2.75, 3.05) is 32.7 Å². The predicted molar refractivity (Wildman–Crippen MR) is 98.6 cm³/mol. The number of hydrogen-bond donors (Lipinski definition) is 0. The Kier molecular flexibility index (Phi) is 7.91. The Morgan fingerprint density at radius 2 is 1.48 bits per heavy atom. The number of benzene rings is 2. The number of ketones is 1. The van der Waals surface area contributed by atoms with Gasteiger partial charge in [0.05, 0.1) is 0 Å². The second-order valence-corrected chi connectivity index (χ2v) is 6.72. The third-order valence-electron chi connectivity index (χ3n) is 4.54. The molecule has 0 N–H and O–H groups in total. The Labute approximate surface area is 161 Å². The Balaban J connectivity index is 0.00000225. The van der Waals surface area contributed by atoms with Crippen LogP contribution in [0.25, 0.3) is 0 Å². The van der Waals surface area contributed by atoms with Crippen LogP contribution in [-0.2, 0) is 6.54 Å². The highest BCUT2D eigenvalue weighted by atomic mass is 35.5. The van der Waals surface area contributed by atoms with Gasteiger partial charge in [-0.05, 0) is 29.8 Å². The van der Waals surface area contributed by atoms with Crippen LogP contribution in [0.2, 0.25) is 5.02 Å². The third-order valence-corrected chi connectivity index (χ3v) is 4.79. The van der Waals surface area contributed by atoms with Crippen molar-refractivity contribution < 1.29 is 17.2 Å². The monoisotopic (exact) mass is 377 g/mol. The highest BCUT2D eigenvalue weighted by Crippen LogP contribution is 2.12. The molecule has 2 aromatic rings. The Hall–Kier alpha value is -1.39. The quantitative estimate of drug-likeness (QED) is 0.693. The predicted octanol–water partition coefficient (Wildman–Crippen LogP) is 0.735. The number of rotatable bonds is 6. The van der Waals surface area contributed by atoms with Crippen molar-refractivity contribution in [1.82, 2.24) is 9.80 Å². The molecule has 0 atom stereocenters. The van der Waals surface area contributed by atoms with Crippen LogP contribution in [0.15, 0.2) is 54.6 Å². The average Bonchev–Trinajstić information content (AvgIpc) is 2.62. The fourth-order valence-corrected chi connectivity index (χ4v) is 3.18. The first-order valence-corrected chi connectivity index (χ1v) is 8.86. The molecular formula is C20H23Cl2N2O-. The maximum absolute atomic E-state index is 12.2. The molecule has 1 aliphatic rings. The molecule has 0 unspecified atom stereocenters. The van der Waals surface area contributed by atoms with Crippen molar-refractivity contribution in [3.63, 3.8) is 0 Å². The van der Waals surface area contributed by atoms with E-state index in [-0.39, 0.29) is 18.2 Å². The first-order chi connectivity index (χ1) is 11.7. The van der Waals surface area contributed by atoms with E-state index in [1.54, 1.807) is 12.1 Å². The molecule has 1 saturated heterocycles. The van der Waals surface area contributed by atoms with E-state index in [0.717, 1.165) is 44.8 Å². The summed E-state index contributed by atoms with van der Waals surface area (Å²) < 4.78 is 0. The van der Waals surface area contributed by atoms with Crippen LogP contribution in [0, 0.1) is 0 Å². The highest BCUT2D eigenvalue weighted by Gasteiger charge is 2.17. The maximum Gasteiger partial charge on any atom is 0.164 e. The lowest BCUT2D eigenvalue weighted by Crippen LogP contribution is -3.00. The molecule has 0 radical (unpaired) electrons. The van der Waals surface area contributed by atoms with Crippen LogP contribution < -0.4 is 12.4 Å². The summed E-state index contributed by atoms with van der Waals surface area (Å²) in [7, 11) is 0. The van der Waals surface area contributed by atoms with Crippen LogP contribution in [0.5, 0.6) is 0 Å². The minimum atomic E-state index is 0. The molecule has 0 spiro atoms. The van der Waals surface area contributed by atoms with Gasteiger partial charge < -0.3 is 17.3 Å². The second-order valence-electron chi connectivity index (χ2n) is 6.28. The zero-order chi connectivity index (χ0) is 16.8. The summed E-state index contributed by atoms with van der Waals surface area (Å²) in [4.78, 5) is 17.1. The minimum absolute atomic E-state index is 0. The summed E-state index contributed by atoms with van der Waals surface area (Å²) in [6, 6.07) is 17.8. The van der Waals surface area contributed by atoms with E-state index in [0.29, 0.717) is 11.4 Å². The van der Waals surface area contributed by atoms with Gasteiger partial charge in [-0.3, -0.25) is 9.69 Å². The molecular weight excluding hydrogens is 355 g/mol. The average molecular weight is 378 g/mol. The number of piperazine rings is 1. The maximum atomic E-state index is 12.2. The normalized spacial score (nSPS) is 15.6. The van der Waals surface area contributed by atoms with Gasteiger partial charge in [0, 0.05) is 56.3 Å². The fraction of sp³-hybridized carbons (Fsp3) is 0.350. The molecule has 1 fully saturated rings. The van der Waals surface area contributed by atoms with Gasteiger partial charge in [0.25, 0.3) is 0 Å². The molecule has 5 heteroatoms. The number of hydrogen-bond acceptors (Lipinski definition) is 3. The van der Waals surface area contributed by atoms with Gasteiger partial charge in [0.1, 0.15) is 0 Å². The zero-order valence-corrected chi connectivity index (χ0v) is 15.7. The molecule has 3 rings (SSSR count). The summed E-state index contributed by atoms with van der Waals surface area (Å²) >= 11 is 5.86. The van der Waals surface area contributed by atoms with Crippen molar-refractivity contribution in [3.05, 3.63) is 70.7 Å². The van der Waals surface area contributed by atoms with Crippen molar-refractivity contribution in [2.24, 2.45) is 0 Å². The lowest BCUT2D eigenvalue weighted by Gasteiger charge is -2.34. The molecule has 1 heterocycles. The van der Waals surface area contributed by atoms with Crippen LogP contribution in [0.3, 0.4) is 0 Å². The molecule has 0 saturated carbocycles. The Morgan fingerprint density at radius 3 is 2.12 bits per heavy atom. The summed E-state index contributed by atoms with van der Waals surface area (Å²) in [6.07, 6.45) is 0.570. The smallest absolute Gasteiger partial charge is 0.164 e. The zero-order valence-electron chi connectivity index (χ0n) is 14.2. The molecule has 134 valence electrons. The molecule has 0 bridgehead atoms. The standard InChI is InChI=1S/C20H23ClN2O.ClH/c21-19-8-6-18(7-9-19)20(24)10-11-22-12-14-23(15-13-22)16-17-4-2-1-3-5-17;/h1-9H,10-16H2;1H/p-1. The van der Waals surface area contributed by atoms with Gasteiger partial charge in [-0.25, -0.2) is 0 Å². The minimum Gasteiger partial charge on any atom is -1.00 e. The van der Waals surface area contributed by atoms with Crippen molar-refractivity contribution in [2.45, 2.75) is 13.0 Å². The van der Waals surface area contributed by atoms with Gasteiger partial charge in [0.15, 0.2) is 5.78 Å². The molecule has 1 aliphatic heterocycles. The van der Waals surface area contributed by atoms with Crippen LogP contribution in [-0.4, -0.2) is 48.3 Å². The second kappa shape index (κ2) is 9.93. The van der Waals surface area contributed by atoms with Gasteiger partial charge in [-0.1, -0.05) is 41.9 Å². The first kappa shape index (κ1) is 19.9. The van der Waals surface area contributed by atoms with Crippen molar-refractivity contribution in [1.29, 1.82) is 0 Å². The number of carbonyl (C=O) groups excluding carboxylic acids is 1. The summed E-state index contributed by atoms with van der Waals surface area (Å²) in [5.41, 5.74) is 2.12. The summed E-state index contributed by atoms with van der Waals surface area (Å²) in [5.74, 6) is 0.193. The molecule has 2 aromatic carbocycles. The number of nitrogens with zero attached hydrogens (tertiary/aromatic N) is 2. The highest BCUT2D eigenvalue weighted by molar-refractivity contribution is 6.30. The fourth-order valence-electron chi connectivity index (χ4n) is 3.05. The Bertz CT molecular complexity index is 653. The SMILES string of the molecule is O=C(CCN1CCN(Cc2ccccc2)CC1)c1ccc(Cl)cc1.[Cl-]. The van der Waals surface area contributed by atoms with Gasteiger partial charge in [0.2, 0.25) is 0 Å². The molecule has 0 aromatic heterocycles. The van der Waals surface area contributed by atoms with Crippen LogP contribution in [0.4, 0.5) is 0 Å². The van der Waals surface area contributed by atoms with Gasteiger partial charge >= 0.3 is 0 Å². The molecule has 0 amide bonds. The lowest BCUT2D eigenvalue weighted by atomic mass is 10.1. The van der Waals surface area contributed by atoms with E-state index in [1.165, 1.54) is 5.56 Å². The van der Waals surface area contributed by atoms with E-state index in [4.69, 9.17) is 11.6 Å². The Morgan fingerprint density at radius 1 is 0.880 bits per heavy atom. The molecule has 0 aliphatic carbocycles. The third kappa shape index (κ3) is 6.12. The summed E-state index contributed by atoms with van der Waals surface area (Å²) in [6.45, 7) is 6.02. The molecule has 25 heavy (non-hydrogen) atoms. The van der Waals surface area contributed by atoms with E-state index in [9.17, 15) is 4.79 Å². The van der Waals surface area contributed by atoms with E-state index in [1.807, 2.05) is 12.1 Å². The van der Waals surface area contributed by atoms with Crippen molar-refractivity contribution >= 4 is 17.4 Å².